The summed E-state index contributed by atoms with van der Waals surface area (Å²) in [5.41, 5.74) is 0.279. The molecule has 0 saturated heterocycles. The van der Waals surface area contributed by atoms with Crippen molar-refractivity contribution >= 4 is 50.8 Å². The van der Waals surface area contributed by atoms with Crippen LogP contribution in [0.4, 0.5) is 11.4 Å². The minimum Gasteiger partial charge on any atom is -0.452 e. The van der Waals surface area contributed by atoms with Crippen molar-refractivity contribution in [3.05, 3.63) is 67.6 Å². The Hall–Kier alpha value is -2.45. The van der Waals surface area contributed by atoms with E-state index in [4.69, 9.17) is 16.3 Å². The van der Waals surface area contributed by atoms with Crippen LogP contribution in [0.5, 0.6) is 0 Å². The SMILES string of the molecule is O=C(COC(=O)c1ccccc1Br)Nc1ccc([N+](=O)[O-])cc1Cl. The maximum Gasteiger partial charge on any atom is 0.339 e. The van der Waals surface area contributed by atoms with E-state index < -0.39 is 23.4 Å². The zero-order chi connectivity index (χ0) is 17.7. The average Bonchev–Trinajstić information content (AvgIpc) is 2.54. The Morgan fingerprint density at radius 3 is 2.58 bits per heavy atom. The lowest BCUT2D eigenvalue weighted by atomic mass is 10.2. The number of carbonyl (C=O) groups is 2. The van der Waals surface area contributed by atoms with Crippen LogP contribution in [0.15, 0.2) is 46.9 Å². The third kappa shape index (κ3) is 4.53. The van der Waals surface area contributed by atoms with Crippen LogP contribution in [0.1, 0.15) is 10.4 Å². The van der Waals surface area contributed by atoms with Gasteiger partial charge in [-0.25, -0.2) is 4.79 Å². The van der Waals surface area contributed by atoms with Crippen LogP contribution in [0.3, 0.4) is 0 Å². The van der Waals surface area contributed by atoms with Crippen LogP contribution < -0.4 is 5.32 Å². The summed E-state index contributed by atoms with van der Waals surface area (Å²) in [7, 11) is 0. The third-order valence-corrected chi connectivity index (χ3v) is 3.87. The van der Waals surface area contributed by atoms with Gasteiger partial charge in [0.2, 0.25) is 0 Å². The van der Waals surface area contributed by atoms with Crippen LogP contribution in [-0.2, 0) is 9.53 Å². The molecule has 0 aromatic heterocycles. The van der Waals surface area contributed by atoms with E-state index in [9.17, 15) is 19.7 Å². The molecule has 0 heterocycles. The van der Waals surface area contributed by atoms with Crippen molar-refractivity contribution in [2.24, 2.45) is 0 Å². The van der Waals surface area contributed by atoms with Crippen molar-refractivity contribution in [2.75, 3.05) is 11.9 Å². The number of nitro groups is 1. The van der Waals surface area contributed by atoms with Gasteiger partial charge < -0.3 is 10.1 Å². The van der Waals surface area contributed by atoms with E-state index in [1.807, 2.05) is 0 Å². The van der Waals surface area contributed by atoms with E-state index in [1.54, 1.807) is 24.3 Å². The highest BCUT2D eigenvalue weighted by molar-refractivity contribution is 9.10. The molecule has 2 rings (SSSR count). The van der Waals surface area contributed by atoms with E-state index >= 15 is 0 Å². The van der Waals surface area contributed by atoms with Crippen LogP contribution in [0, 0.1) is 10.1 Å². The highest BCUT2D eigenvalue weighted by Gasteiger charge is 2.15. The number of esters is 1. The molecule has 24 heavy (non-hydrogen) atoms. The number of hydrogen-bond acceptors (Lipinski definition) is 5. The first-order valence-electron chi connectivity index (χ1n) is 6.54. The molecular formula is C15H10BrClN2O5. The van der Waals surface area contributed by atoms with Gasteiger partial charge in [0.25, 0.3) is 11.6 Å². The monoisotopic (exact) mass is 412 g/mol. The maximum atomic E-state index is 11.9. The molecule has 2 aromatic rings. The third-order valence-electron chi connectivity index (χ3n) is 2.87. The molecule has 9 heteroatoms. The standard InChI is InChI=1S/C15H10BrClN2O5/c16-11-4-2-1-3-10(11)15(21)24-8-14(20)18-13-6-5-9(19(22)23)7-12(13)17/h1-7H,8H2,(H,18,20). The second kappa shape index (κ2) is 7.89. The van der Waals surface area contributed by atoms with Crippen LogP contribution in [0.2, 0.25) is 5.02 Å². The van der Waals surface area contributed by atoms with Crippen molar-refractivity contribution in [3.63, 3.8) is 0 Å². The zero-order valence-electron chi connectivity index (χ0n) is 12.0. The lowest BCUT2D eigenvalue weighted by molar-refractivity contribution is -0.384. The molecule has 0 saturated carbocycles. The normalized spacial score (nSPS) is 10.1. The van der Waals surface area contributed by atoms with Gasteiger partial charge in [0.15, 0.2) is 6.61 Å². The highest BCUT2D eigenvalue weighted by Crippen LogP contribution is 2.26. The van der Waals surface area contributed by atoms with Gasteiger partial charge in [-0.05, 0) is 34.1 Å². The Morgan fingerprint density at radius 2 is 1.96 bits per heavy atom. The Labute approximate surface area is 149 Å². The summed E-state index contributed by atoms with van der Waals surface area (Å²) in [4.78, 5) is 33.7. The molecule has 124 valence electrons. The van der Waals surface area contributed by atoms with E-state index in [1.165, 1.54) is 12.1 Å². The number of anilines is 1. The van der Waals surface area contributed by atoms with Gasteiger partial charge in [0.05, 0.1) is 21.2 Å². The minimum absolute atomic E-state index is 0.00896. The number of nitrogens with zero attached hydrogens (tertiary/aromatic N) is 1. The van der Waals surface area contributed by atoms with Crippen molar-refractivity contribution < 1.29 is 19.2 Å². The highest BCUT2D eigenvalue weighted by atomic mass is 79.9. The fourth-order valence-corrected chi connectivity index (χ4v) is 2.41. The molecule has 7 nitrogen and oxygen atoms in total. The van der Waals surface area contributed by atoms with Crippen molar-refractivity contribution in [1.82, 2.24) is 0 Å². The number of rotatable bonds is 5. The van der Waals surface area contributed by atoms with Crippen LogP contribution in [-0.4, -0.2) is 23.4 Å². The van der Waals surface area contributed by atoms with Gasteiger partial charge >= 0.3 is 5.97 Å². The molecular weight excluding hydrogens is 404 g/mol. The molecule has 0 bridgehead atoms. The second-order valence-electron chi connectivity index (χ2n) is 4.53. The summed E-state index contributed by atoms with van der Waals surface area (Å²) < 4.78 is 5.46. The van der Waals surface area contributed by atoms with Gasteiger partial charge in [-0.1, -0.05) is 23.7 Å². The number of non-ortho nitro benzene ring substituents is 1. The number of carbonyl (C=O) groups excluding carboxylic acids is 2. The number of nitro benzene ring substituents is 1. The molecule has 2 aromatic carbocycles. The quantitative estimate of drug-likeness (QED) is 0.456. The lowest BCUT2D eigenvalue weighted by Crippen LogP contribution is -2.21. The van der Waals surface area contributed by atoms with Gasteiger partial charge in [-0.15, -0.1) is 0 Å². The number of amides is 1. The Bertz CT molecular complexity index is 812. The molecule has 0 aliphatic heterocycles. The summed E-state index contributed by atoms with van der Waals surface area (Å²) in [6, 6.07) is 10.2. The Kier molecular flexibility index (Phi) is 5.88. The lowest BCUT2D eigenvalue weighted by Gasteiger charge is -2.08. The van der Waals surface area contributed by atoms with Gasteiger partial charge in [0.1, 0.15) is 0 Å². The number of nitrogens with one attached hydrogen (secondary N) is 1. The number of ether oxygens (including phenoxy) is 1. The minimum atomic E-state index is -0.660. The first-order valence-corrected chi connectivity index (χ1v) is 7.71. The zero-order valence-corrected chi connectivity index (χ0v) is 14.3. The summed E-state index contributed by atoms with van der Waals surface area (Å²) in [5, 5.41) is 13.0. The first-order chi connectivity index (χ1) is 11.4. The summed E-state index contributed by atoms with van der Waals surface area (Å²) in [5.74, 6) is -1.28. The maximum absolute atomic E-state index is 11.9. The van der Waals surface area contributed by atoms with E-state index in [0.717, 1.165) is 6.07 Å². The smallest absolute Gasteiger partial charge is 0.339 e. The van der Waals surface area contributed by atoms with Crippen molar-refractivity contribution in [1.29, 1.82) is 0 Å². The van der Waals surface area contributed by atoms with Gasteiger partial charge in [0, 0.05) is 16.6 Å². The summed E-state index contributed by atoms with van der Waals surface area (Å²) in [6.45, 7) is -0.520. The second-order valence-corrected chi connectivity index (χ2v) is 5.79. The molecule has 0 atom stereocenters. The first kappa shape index (κ1) is 17.9. The van der Waals surface area contributed by atoms with E-state index in [0.29, 0.717) is 10.0 Å². The fraction of sp³-hybridized carbons (Fsp3) is 0.0667. The fourth-order valence-electron chi connectivity index (χ4n) is 1.74. The predicted molar refractivity (Wildman–Crippen MR) is 91.2 cm³/mol. The molecule has 0 fully saturated rings. The predicted octanol–water partition coefficient (Wildman–Crippen LogP) is 3.81. The van der Waals surface area contributed by atoms with Crippen LogP contribution in [0.25, 0.3) is 0 Å². The molecule has 0 spiro atoms. The largest absolute Gasteiger partial charge is 0.452 e. The Balaban J connectivity index is 1.95. The topological polar surface area (TPSA) is 98.5 Å². The molecule has 0 radical (unpaired) electrons. The van der Waals surface area contributed by atoms with Crippen molar-refractivity contribution in [3.8, 4) is 0 Å². The molecule has 1 N–H and O–H groups in total. The van der Waals surface area contributed by atoms with Gasteiger partial charge in [-0.3, -0.25) is 14.9 Å². The molecule has 0 aliphatic carbocycles. The van der Waals surface area contributed by atoms with E-state index in [-0.39, 0.29) is 16.4 Å². The number of halogens is 2. The molecule has 1 amide bonds. The molecule has 0 unspecified atom stereocenters. The van der Waals surface area contributed by atoms with E-state index in [2.05, 4.69) is 21.2 Å². The summed E-state index contributed by atoms with van der Waals surface area (Å²) in [6.07, 6.45) is 0. The summed E-state index contributed by atoms with van der Waals surface area (Å²) >= 11 is 9.08. The number of benzene rings is 2. The van der Waals surface area contributed by atoms with Crippen molar-refractivity contribution in [2.45, 2.75) is 0 Å². The number of hydrogen-bond donors (Lipinski definition) is 1. The Morgan fingerprint density at radius 1 is 1.25 bits per heavy atom. The average molecular weight is 414 g/mol. The molecule has 0 aliphatic rings. The van der Waals surface area contributed by atoms with Crippen LogP contribution >= 0.6 is 27.5 Å². The van der Waals surface area contributed by atoms with Gasteiger partial charge in [-0.2, -0.15) is 0 Å².